The number of hydrogen-bond donors (Lipinski definition) is 0. The molecule has 126 valence electrons. The van der Waals surface area contributed by atoms with Gasteiger partial charge < -0.3 is 9.64 Å². The first-order valence-corrected chi connectivity index (χ1v) is 8.76. The van der Waals surface area contributed by atoms with Gasteiger partial charge in [-0.2, -0.15) is 0 Å². The van der Waals surface area contributed by atoms with Crippen molar-refractivity contribution in [2.45, 2.75) is 64.5 Å². The third-order valence-electron chi connectivity index (χ3n) is 5.68. The summed E-state index contributed by atoms with van der Waals surface area (Å²) in [5.41, 5.74) is 1.41. The van der Waals surface area contributed by atoms with Gasteiger partial charge in [0, 0.05) is 31.3 Å². The van der Waals surface area contributed by atoms with E-state index < -0.39 is 0 Å². The van der Waals surface area contributed by atoms with Crippen LogP contribution in [-0.2, 0) is 4.74 Å². The number of nitrogens with zero attached hydrogens (tertiary/aromatic N) is 3. The fraction of sp³-hybridized carbons (Fsp3) is 0.722. The Hall–Kier alpha value is -1.49. The number of aromatic nitrogens is 2. The van der Waals surface area contributed by atoms with Crippen LogP contribution < -0.4 is 0 Å². The highest BCUT2D eigenvalue weighted by molar-refractivity contribution is 5.92. The molecule has 0 bridgehead atoms. The van der Waals surface area contributed by atoms with Crippen molar-refractivity contribution in [2.75, 3.05) is 13.7 Å². The van der Waals surface area contributed by atoms with Crippen molar-refractivity contribution in [3.63, 3.8) is 0 Å². The minimum absolute atomic E-state index is 0.0256. The predicted molar refractivity (Wildman–Crippen MR) is 88.2 cm³/mol. The van der Waals surface area contributed by atoms with E-state index in [1.807, 2.05) is 18.9 Å². The number of carbonyl (C=O) groups is 1. The summed E-state index contributed by atoms with van der Waals surface area (Å²) >= 11 is 0. The molecule has 1 aromatic rings. The first kappa shape index (κ1) is 16.4. The van der Waals surface area contributed by atoms with E-state index in [0.717, 1.165) is 18.7 Å². The normalized spacial score (nSPS) is 25.9. The van der Waals surface area contributed by atoms with Crippen molar-refractivity contribution in [1.29, 1.82) is 0 Å². The van der Waals surface area contributed by atoms with Crippen LogP contribution in [0.4, 0.5) is 0 Å². The van der Waals surface area contributed by atoms with Gasteiger partial charge in [-0.1, -0.05) is 19.3 Å². The third-order valence-corrected chi connectivity index (χ3v) is 5.68. The van der Waals surface area contributed by atoms with E-state index in [0.29, 0.717) is 11.8 Å². The number of hydrogen-bond acceptors (Lipinski definition) is 4. The lowest BCUT2D eigenvalue weighted by atomic mass is 9.54. The summed E-state index contributed by atoms with van der Waals surface area (Å²) in [4.78, 5) is 23.1. The van der Waals surface area contributed by atoms with E-state index in [4.69, 9.17) is 4.74 Å². The minimum Gasteiger partial charge on any atom is -0.378 e. The number of ether oxygens (including phenoxy) is 1. The van der Waals surface area contributed by atoms with Gasteiger partial charge in [0.25, 0.3) is 5.91 Å². The number of aryl methyl sites for hydroxylation is 1. The average molecular weight is 317 g/mol. The highest BCUT2D eigenvalue weighted by Gasteiger charge is 2.57. The second-order valence-corrected chi connectivity index (χ2v) is 6.95. The van der Waals surface area contributed by atoms with Crippen LogP contribution in [0.1, 0.15) is 61.6 Å². The zero-order chi connectivity index (χ0) is 16.4. The lowest BCUT2D eigenvalue weighted by molar-refractivity contribution is -0.170. The monoisotopic (exact) mass is 317 g/mol. The molecule has 5 nitrogen and oxygen atoms in total. The van der Waals surface area contributed by atoms with E-state index in [2.05, 4.69) is 16.9 Å². The van der Waals surface area contributed by atoms with Gasteiger partial charge in [-0.3, -0.25) is 9.78 Å². The SMILES string of the molecule is CCO[C@@H]1C[C@H](N(C)C(=O)c2cnc(C)cn2)C12CCCCC2. The Morgan fingerprint density at radius 1 is 1.30 bits per heavy atom. The highest BCUT2D eigenvalue weighted by Crippen LogP contribution is 2.55. The Kier molecular flexibility index (Phi) is 4.67. The molecule has 23 heavy (non-hydrogen) atoms. The summed E-state index contributed by atoms with van der Waals surface area (Å²) in [5.74, 6) is -0.0256. The first-order chi connectivity index (χ1) is 11.1. The van der Waals surface area contributed by atoms with Crippen molar-refractivity contribution in [1.82, 2.24) is 14.9 Å². The lowest BCUT2D eigenvalue weighted by Gasteiger charge is -2.60. The second-order valence-electron chi connectivity index (χ2n) is 6.95. The molecular weight excluding hydrogens is 290 g/mol. The Bertz CT molecular complexity index is 552. The molecule has 2 aliphatic carbocycles. The summed E-state index contributed by atoms with van der Waals surface area (Å²) in [7, 11) is 1.91. The van der Waals surface area contributed by atoms with Crippen molar-refractivity contribution in [3.05, 3.63) is 23.8 Å². The number of rotatable bonds is 4. The van der Waals surface area contributed by atoms with Crippen LogP contribution in [-0.4, -0.2) is 46.6 Å². The van der Waals surface area contributed by atoms with E-state index in [1.165, 1.54) is 32.1 Å². The van der Waals surface area contributed by atoms with Gasteiger partial charge >= 0.3 is 0 Å². The molecule has 2 aliphatic rings. The highest BCUT2D eigenvalue weighted by atomic mass is 16.5. The summed E-state index contributed by atoms with van der Waals surface area (Å²) in [6.07, 6.45) is 10.6. The van der Waals surface area contributed by atoms with E-state index in [9.17, 15) is 4.79 Å². The molecule has 5 heteroatoms. The molecule has 0 saturated heterocycles. The Morgan fingerprint density at radius 3 is 2.65 bits per heavy atom. The Balaban J connectivity index is 1.77. The van der Waals surface area contributed by atoms with Crippen LogP contribution in [0.2, 0.25) is 0 Å². The van der Waals surface area contributed by atoms with Gasteiger partial charge in [0.15, 0.2) is 0 Å². The summed E-state index contributed by atoms with van der Waals surface area (Å²) < 4.78 is 5.99. The van der Waals surface area contributed by atoms with Crippen LogP contribution in [0, 0.1) is 12.3 Å². The van der Waals surface area contributed by atoms with Crippen molar-refractivity contribution in [2.24, 2.45) is 5.41 Å². The van der Waals surface area contributed by atoms with Crippen LogP contribution in [0.25, 0.3) is 0 Å². The van der Waals surface area contributed by atoms with Crippen LogP contribution in [0.15, 0.2) is 12.4 Å². The standard InChI is InChI=1S/C18H27N3O2/c1-4-23-16-10-15(18(16)8-6-5-7-9-18)21(3)17(22)14-12-19-13(2)11-20-14/h11-12,15-16H,4-10H2,1-3H3/t15-,16+/m0/s1. The van der Waals surface area contributed by atoms with Gasteiger partial charge in [0.1, 0.15) is 5.69 Å². The molecule has 2 saturated carbocycles. The van der Waals surface area contributed by atoms with Crippen LogP contribution >= 0.6 is 0 Å². The minimum atomic E-state index is -0.0256. The van der Waals surface area contributed by atoms with E-state index in [1.54, 1.807) is 12.4 Å². The smallest absolute Gasteiger partial charge is 0.274 e. The van der Waals surface area contributed by atoms with Crippen LogP contribution in [0.3, 0.4) is 0 Å². The quantitative estimate of drug-likeness (QED) is 0.856. The van der Waals surface area contributed by atoms with Gasteiger partial charge in [-0.05, 0) is 33.1 Å². The van der Waals surface area contributed by atoms with Gasteiger partial charge in [0.05, 0.1) is 18.0 Å². The predicted octanol–water partition coefficient (Wildman–Crippen LogP) is 2.98. The van der Waals surface area contributed by atoms with Crippen molar-refractivity contribution >= 4 is 5.91 Å². The molecule has 0 unspecified atom stereocenters. The molecule has 1 heterocycles. The van der Waals surface area contributed by atoms with Gasteiger partial charge in [-0.25, -0.2) is 4.98 Å². The zero-order valence-corrected chi connectivity index (χ0v) is 14.4. The zero-order valence-electron chi connectivity index (χ0n) is 14.4. The van der Waals surface area contributed by atoms with Crippen LogP contribution in [0.5, 0.6) is 0 Å². The molecular formula is C18H27N3O2. The topological polar surface area (TPSA) is 55.3 Å². The molecule has 2 atom stereocenters. The van der Waals surface area contributed by atoms with Gasteiger partial charge in [-0.15, -0.1) is 0 Å². The largest absolute Gasteiger partial charge is 0.378 e. The third kappa shape index (κ3) is 2.87. The maximum absolute atomic E-state index is 12.8. The fourth-order valence-corrected chi connectivity index (χ4v) is 4.40. The molecule has 0 aliphatic heterocycles. The summed E-state index contributed by atoms with van der Waals surface area (Å²) in [6.45, 7) is 4.68. The molecule has 1 spiro atoms. The van der Waals surface area contributed by atoms with Crippen molar-refractivity contribution < 1.29 is 9.53 Å². The molecule has 3 rings (SSSR count). The Morgan fingerprint density at radius 2 is 2.04 bits per heavy atom. The van der Waals surface area contributed by atoms with E-state index >= 15 is 0 Å². The second kappa shape index (κ2) is 6.56. The van der Waals surface area contributed by atoms with Crippen molar-refractivity contribution in [3.8, 4) is 0 Å². The fourth-order valence-electron chi connectivity index (χ4n) is 4.40. The molecule has 1 amide bonds. The first-order valence-electron chi connectivity index (χ1n) is 8.76. The van der Waals surface area contributed by atoms with Gasteiger partial charge in [0.2, 0.25) is 0 Å². The molecule has 0 N–H and O–H groups in total. The number of carbonyl (C=O) groups excluding carboxylic acids is 1. The maximum atomic E-state index is 12.8. The summed E-state index contributed by atoms with van der Waals surface area (Å²) in [6, 6.07) is 0.259. The molecule has 0 aromatic carbocycles. The molecule has 0 radical (unpaired) electrons. The average Bonchev–Trinajstić information content (AvgIpc) is 2.58. The molecule has 1 aromatic heterocycles. The summed E-state index contributed by atoms with van der Waals surface area (Å²) in [5, 5.41) is 0. The van der Waals surface area contributed by atoms with E-state index in [-0.39, 0.29) is 17.4 Å². The Labute approximate surface area is 138 Å². The maximum Gasteiger partial charge on any atom is 0.274 e. The lowest BCUT2D eigenvalue weighted by Crippen LogP contribution is -2.65. The molecule has 2 fully saturated rings. The number of amides is 1.